The molecule has 3 aromatic carbocycles. The summed E-state index contributed by atoms with van der Waals surface area (Å²) in [5.74, 6) is -1.53. The summed E-state index contributed by atoms with van der Waals surface area (Å²) in [7, 11) is 0. The van der Waals surface area contributed by atoms with Gasteiger partial charge >= 0.3 is 6.18 Å². The Balaban J connectivity index is 1.55. The molecule has 0 saturated heterocycles. The normalized spacial score (nSPS) is 12.0. The second-order valence-electron chi connectivity index (χ2n) is 12.3. The fraction of sp³-hybridized carbons (Fsp3) is 0.324. The zero-order chi connectivity index (χ0) is 33.1. The number of nitrogens with zero attached hydrogens (tertiary/aromatic N) is 1. The van der Waals surface area contributed by atoms with Crippen LogP contribution in [0.15, 0.2) is 66.7 Å². The van der Waals surface area contributed by atoms with Gasteiger partial charge in [-0.2, -0.15) is 13.2 Å². The number of fused-ring (bicyclic) bond motifs is 1. The SMILES string of the molecule is CC(C)C(=O)NCc1ccc(Cl)c(C(=O)Nc2ccc3c(c2)cc(C(=O)NCc2ccc(C(C)(C)C)cc2)n3CC(F)(F)F)c1. The lowest BCUT2D eigenvalue weighted by Gasteiger charge is -2.19. The Morgan fingerprint density at radius 2 is 1.47 bits per heavy atom. The van der Waals surface area contributed by atoms with Gasteiger partial charge < -0.3 is 20.5 Å². The molecule has 0 aliphatic heterocycles. The van der Waals surface area contributed by atoms with Crippen LogP contribution in [0.25, 0.3) is 10.9 Å². The van der Waals surface area contributed by atoms with Gasteiger partial charge in [0.25, 0.3) is 11.8 Å². The molecule has 7 nitrogen and oxygen atoms in total. The van der Waals surface area contributed by atoms with E-state index in [-0.39, 0.29) is 52.1 Å². The number of carbonyl (C=O) groups excluding carboxylic acids is 3. The van der Waals surface area contributed by atoms with Crippen LogP contribution in [-0.4, -0.2) is 28.5 Å². The lowest BCUT2D eigenvalue weighted by Crippen LogP contribution is -2.28. The fourth-order valence-corrected chi connectivity index (χ4v) is 4.93. The topological polar surface area (TPSA) is 92.2 Å². The third-order valence-corrected chi connectivity index (χ3v) is 7.60. The molecule has 0 radical (unpaired) electrons. The number of anilines is 1. The van der Waals surface area contributed by atoms with Gasteiger partial charge in [-0.3, -0.25) is 14.4 Å². The molecule has 1 aromatic heterocycles. The molecule has 0 fully saturated rings. The van der Waals surface area contributed by atoms with Gasteiger partial charge in [-0.15, -0.1) is 0 Å². The number of aromatic nitrogens is 1. The fourth-order valence-electron chi connectivity index (χ4n) is 4.73. The molecular weight excluding hydrogens is 605 g/mol. The van der Waals surface area contributed by atoms with Crippen molar-refractivity contribution in [3.63, 3.8) is 0 Å². The van der Waals surface area contributed by atoms with Gasteiger partial charge in [-0.05, 0) is 58.5 Å². The Labute approximate surface area is 265 Å². The number of nitrogens with one attached hydrogen (secondary N) is 3. The first-order valence-corrected chi connectivity index (χ1v) is 14.8. The largest absolute Gasteiger partial charge is 0.406 e. The average molecular weight is 641 g/mol. The van der Waals surface area contributed by atoms with E-state index in [0.717, 1.165) is 15.7 Å². The summed E-state index contributed by atoms with van der Waals surface area (Å²) in [5.41, 5.74) is 3.05. The number of alkyl halides is 3. The van der Waals surface area contributed by atoms with E-state index in [0.29, 0.717) is 16.6 Å². The highest BCUT2D eigenvalue weighted by atomic mass is 35.5. The predicted molar refractivity (Wildman–Crippen MR) is 170 cm³/mol. The number of benzene rings is 3. The van der Waals surface area contributed by atoms with Gasteiger partial charge in [-0.25, -0.2) is 0 Å². The second kappa shape index (κ2) is 13.4. The van der Waals surface area contributed by atoms with E-state index in [1.165, 1.54) is 24.3 Å². The van der Waals surface area contributed by atoms with Gasteiger partial charge in [0.15, 0.2) is 0 Å². The minimum Gasteiger partial charge on any atom is -0.352 e. The van der Waals surface area contributed by atoms with Crippen LogP contribution in [0.4, 0.5) is 18.9 Å². The van der Waals surface area contributed by atoms with Crippen LogP contribution in [-0.2, 0) is 29.8 Å². The van der Waals surface area contributed by atoms with Crippen molar-refractivity contribution in [3.8, 4) is 0 Å². The van der Waals surface area contributed by atoms with Crippen LogP contribution in [0.1, 0.15) is 72.2 Å². The summed E-state index contributed by atoms with van der Waals surface area (Å²) < 4.78 is 41.7. The predicted octanol–water partition coefficient (Wildman–Crippen LogP) is 7.61. The lowest BCUT2D eigenvalue weighted by atomic mass is 9.87. The first-order chi connectivity index (χ1) is 21.0. The maximum Gasteiger partial charge on any atom is 0.406 e. The minimum atomic E-state index is -4.58. The molecule has 45 heavy (non-hydrogen) atoms. The average Bonchev–Trinajstić information content (AvgIpc) is 3.30. The van der Waals surface area contributed by atoms with E-state index in [2.05, 4.69) is 36.7 Å². The molecule has 238 valence electrons. The molecule has 0 bridgehead atoms. The Hall–Kier alpha value is -4.31. The summed E-state index contributed by atoms with van der Waals surface area (Å²) >= 11 is 6.28. The molecule has 11 heteroatoms. The molecule has 0 saturated carbocycles. The number of halogens is 4. The highest BCUT2D eigenvalue weighted by Gasteiger charge is 2.31. The van der Waals surface area contributed by atoms with Crippen molar-refractivity contribution in [1.29, 1.82) is 0 Å². The summed E-state index contributed by atoms with van der Waals surface area (Å²) in [4.78, 5) is 38.2. The molecule has 1 heterocycles. The van der Waals surface area contributed by atoms with E-state index in [9.17, 15) is 27.6 Å². The summed E-state index contributed by atoms with van der Waals surface area (Å²) in [5, 5.41) is 8.77. The number of hydrogen-bond acceptors (Lipinski definition) is 3. The van der Waals surface area contributed by atoms with Crippen molar-refractivity contribution in [2.45, 2.75) is 65.8 Å². The molecule has 4 rings (SSSR count). The van der Waals surface area contributed by atoms with Crippen molar-refractivity contribution in [2.24, 2.45) is 5.92 Å². The first-order valence-electron chi connectivity index (χ1n) is 14.5. The van der Waals surface area contributed by atoms with Crippen LogP contribution in [0.2, 0.25) is 5.02 Å². The standard InChI is InChI=1S/C34H36ClF3N4O3/c1-20(2)30(43)39-18-22-8-12-27(35)26(14-22)31(44)41-25-11-13-28-23(15-25)16-29(42(28)19-34(36,37)38)32(45)40-17-21-6-9-24(10-7-21)33(3,4)5/h6-16,20H,17-19H2,1-5H3,(H,39,43)(H,40,45)(H,41,44). The molecule has 0 atom stereocenters. The van der Waals surface area contributed by atoms with Crippen molar-refractivity contribution in [3.05, 3.63) is 99.7 Å². The maximum atomic E-state index is 13.6. The van der Waals surface area contributed by atoms with Crippen LogP contribution >= 0.6 is 11.6 Å². The summed E-state index contributed by atoms with van der Waals surface area (Å²) in [6, 6.07) is 18.3. The Bertz CT molecular complexity index is 1720. The Kier molecular flexibility index (Phi) is 9.97. The molecule has 3 amide bonds. The number of rotatable bonds is 9. The molecule has 0 unspecified atom stereocenters. The first kappa shape index (κ1) is 33.6. The number of carbonyl (C=O) groups is 3. The molecular formula is C34H36ClF3N4O3. The Morgan fingerprint density at radius 3 is 2.09 bits per heavy atom. The minimum absolute atomic E-state index is 0.0405. The zero-order valence-electron chi connectivity index (χ0n) is 25.7. The van der Waals surface area contributed by atoms with Gasteiger partial charge in [-0.1, -0.05) is 76.6 Å². The quantitative estimate of drug-likeness (QED) is 0.176. The third kappa shape index (κ3) is 8.66. The molecule has 4 aromatic rings. The highest BCUT2D eigenvalue weighted by Crippen LogP contribution is 2.29. The third-order valence-electron chi connectivity index (χ3n) is 7.27. The highest BCUT2D eigenvalue weighted by molar-refractivity contribution is 6.34. The van der Waals surface area contributed by atoms with E-state index in [1.807, 2.05) is 24.3 Å². The van der Waals surface area contributed by atoms with E-state index >= 15 is 0 Å². The van der Waals surface area contributed by atoms with Crippen LogP contribution in [0.3, 0.4) is 0 Å². The monoisotopic (exact) mass is 640 g/mol. The Morgan fingerprint density at radius 1 is 0.822 bits per heavy atom. The number of amides is 3. The van der Waals surface area contributed by atoms with Gasteiger partial charge in [0.1, 0.15) is 12.2 Å². The lowest BCUT2D eigenvalue weighted by molar-refractivity contribution is -0.140. The van der Waals surface area contributed by atoms with Crippen molar-refractivity contribution < 1.29 is 27.6 Å². The van der Waals surface area contributed by atoms with Gasteiger partial charge in [0, 0.05) is 35.6 Å². The number of hydrogen-bond donors (Lipinski definition) is 3. The maximum absolute atomic E-state index is 13.6. The van der Waals surface area contributed by atoms with Crippen molar-refractivity contribution in [1.82, 2.24) is 15.2 Å². The molecule has 3 N–H and O–H groups in total. The second-order valence-corrected chi connectivity index (χ2v) is 12.7. The van der Waals surface area contributed by atoms with Crippen LogP contribution in [0, 0.1) is 5.92 Å². The summed E-state index contributed by atoms with van der Waals surface area (Å²) in [6.07, 6.45) is -4.58. The van der Waals surface area contributed by atoms with Crippen molar-refractivity contribution in [2.75, 3.05) is 5.32 Å². The smallest absolute Gasteiger partial charge is 0.352 e. The van der Waals surface area contributed by atoms with Gasteiger partial charge in [0.2, 0.25) is 5.91 Å². The molecule has 0 spiro atoms. The van der Waals surface area contributed by atoms with Gasteiger partial charge in [0.05, 0.1) is 10.6 Å². The molecule has 0 aliphatic carbocycles. The van der Waals surface area contributed by atoms with E-state index in [4.69, 9.17) is 11.6 Å². The van der Waals surface area contributed by atoms with E-state index in [1.54, 1.807) is 32.0 Å². The zero-order valence-corrected chi connectivity index (χ0v) is 26.5. The molecule has 0 aliphatic rings. The van der Waals surface area contributed by atoms with Crippen molar-refractivity contribution >= 4 is 45.9 Å². The summed E-state index contributed by atoms with van der Waals surface area (Å²) in [6.45, 7) is 8.79. The van der Waals surface area contributed by atoms with Crippen LogP contribution < -0.4 is 16.0 Å². The van der Waals surface area contributed by atoms with E-state index < -0.39 is 24.5 Å². The van der Waals surface area contributed by atoms with Crippen LogP contribution in [0.5, 0.6) is 0 Å².